The minimum atomic E-state index is -0.734. The van der Waals surface area contributed by atoms with Crippen LogP contribution in [0.1, 0.15) is 29.9 Å². The number of allylic oxidation sites excluding steroid dienone is 2. The van der Waals surface area contributed by atoms with Crippen molar-refractivity contribution in [2.24, 2.45) is 29.6 Å². The van der Waals surface area contributed by atoms with Gasteiger partial charge in [0.25, 0.3) is 0 Å². The number of phenols is 1. The SMILES string of the molecule is Cc1cccc([C@H]2C3=CC[C@@H]4C(=O)N(c5ccc(Br)cc5)C(=O)[C@@H]4[C@@H]3C[C@H]3C(=O)N(c4ccc(Br)cc4)C(=O)[C@@H]23)c1O. The van der Waals surface area contributed by atoms with Crippen molar-refractivity contribution in [3.05, 3.63) is 98.5 Å². The van der Waals surface area contributed by atoms with Crippen LogP contribution in [0.2, 0.25) is 0 Å². The monoisotopic (exact) mass is 688 g/mol. The number of carbonyl (C=O) groups is 4. The molecule has 4 aliphatic rings. The molecule has 3 aromatic carbocycles. The van der Waals surface area contributed by atoms with Crippen molar-refractivity contribution in [3.8, 4) is 5.75 Å². The molecule has 2 aliphatic carbocycles. The highest BCUT2D eigenvalue weighted by Gasteiger charge is 2.62. The number of aryl methyl sites for hydroxylation is 1. The predicted molar refractivity (Wildman–Crippen MR) is 164 cm³/mol. The highest BCUT2D eigenvalue weighted by molar-refractivity contribution is 9.10. The molecule has 3 fully saturated rings. The Hall–Kier alpha value is -3.56. The summed E-state index contributed by atoms with van der Waals surface area (Å²) in [6.07, 6.45) is 2.63. The topological polar surface area (TPSA) is 95.0 Å². The third-order valence-electron chi connectivity index (χ3n) is 9.42. The number of para-hydroxylation sites is 1. The summed E-state index contributed by atoms with van der Waals surface area (Å²) >= 11 is 6.82. The number of aromatic hydroxyl groups is 1. The molecule has 7 rings (SSSR count). The fourth-order valence-electron chi connectivity index (χ4n) is 7.56. The van der Waals surface area contributed by atoms with Gasteiger partial charge in [0.1, 0.15) is 5.75 Å². The van der Waals surface area contributed by atoms with E-state index >= 15 is 0 Å². The van der Waals surface area contributed by atoms with Gasteiger partial charge in [0.15, 0.2) is 0 Å². The Morgan fingerprint density at radius 1 is 0.690 bits per heavy atom. The number of anilines is 2. The van der Waals surface area contributed by atoms with Gasteiger partial charge >= 0.3 is 0 Å². The quantitative estimate of drug-likeness (QED) is 0.259. The van der Waals surface area contributed by atoms with E-state index in [4.69, 9.17) is 0 Å². The van der Waals surface area contributed by atoms with Gasteiger partial charge in [0, 0.05) is 20.4 Å². The summed E-state index contributed by atoms with van der Waals surface area (Å²) in [6, 6.07) is 19.5. The molecule has 1 N–H and O–H groups in total. The lowest BCUT2D eigenvalue weighted by molar-refractivity contribution is -0.126. The smallest absolute Gasteiger partial charge is 0.238 e. The van der Waals surface area contributed by atoms with Gasteiger partial charge in [-0.3, -0.25) is 29.0 Å². The molecule has 2 saturated heterocycles. The summed E-state index contributed by atoms with van der Waals surface area (Å²) in [5.74, 6) is -4.73. The van der Waals surface area contributed by atoms with Crippen molar-refractivity contribution < 1.29 is 24.3 Å². The van der Waals surface area contributed by atoms with Crippen LogP contribution in [0.25, 0.3) is 0 Å². The van der Waals surface area contributed by atoms with E-state index in [1.807, 2.05) is 12.1 Å². The Kier molecular flexibility index (Phi) is 6.51. The molecule has 0 unspecified atom stereocenters. The predicted octanol–water partition coefficient (Wildman–Crippen LogP) is 6.27. The summed E-state index contributed by atoms with van der Waals surface area (Å²) in [5, 5.41) is 11.2. The molecule has 6 atom stereocenters. The van der Waals surface area contributed by atoms with Crippen molar-refractivity contribution in [1.29, 1.82) is 0 Å². The number of phenolic OH excluding ortho intramolecular Hbond substituents is 1. The van der Waals surface area contributed by atoms with E-state index in [1.165, 1.54) is 9.80 Å². The van der Waals surface area contributed by atoms with E-state index in [-0.39, 0.29) is 35.8 Å². The molecule has 4 amide bonds. The molecule has 212 valence electrons. The van der Waals surface area contributed by atoms with Gasteiger partial charge in [-0.05, 0) is 79.8 Å². The standard InChI is InChI=1S/C33H26Br2N2O5/c1-16-3-2-4-22(29(16)38)26-21-13-14-23-27(32(41)36(30(23)39)19-9-5-17(34)6-10-19)24(21)15-25-28(26)33(42)37(31(25)40)20-11-7-18(35)8-12-20/h2-13,23-28,38H,14-15H2,1H3/t23-,24+,25+,26+,27-,28+/m0/s1. The van der Waals surface area contributed by atoms with E-state index in [2.05, 4.69) is 31.9 Å². The molecule has 2 heterocycles. The third kappa shape index (κ3) is 3.96. The number of amides is 4. The molecular weight excluding hydrogens is 664 g/mol. The molecule has 9 heteroatoms. The largest absolute Gasteiger partial charge is 0.507 e. The normalized spacial score (nSPS) is 28.5. The summed E-state index contributed by atoms with van der Waals surface area (Å²) in [4.78, 5) is 58.4. The Labute approximate surface area is 259 Å². The van der Waals surface area contributed by atoms with Crippen LogP contribution >= 0.6 is 31.9 Å². The highest BCUT2D eigenvalue weighted by Crippen LogP contribution is 2.59. The lowest BCUT2D eigenvalue weighted by atomic mass is 9.57. The first-order chi connectivity index (χ1) is 20.2. The molecule has 0 bridgehead atoms. The van der Waals surface area contributed by atoms with Crippen molar-refractivity contribution in [1.82, 2.24) is 0 Å². The Morgan fingerprint density at radius 2 is 1.24 bits per heavy atom. The number of hydrogen-bond donors (Lipinski definition) is 1. The molecular formula is C33H26Br2N2O5. The first-order valence-electron chi connectivity index (χ1n) is 13.9. The van der Waals surface area contributed by atoms with Gasteiger partial charge in [-0.2, -0.15) is 0 Å². The first-order valence-corrected chi connectivity index (χ1v) is 15.5. The third-order valence-corrected chi connectivity index (χ3v) is 10.5. The molecule has 7 nitrogen and oxygen atoms in total. The van der Waals surface area contributed by atoms with Crippen LogP contribution in [-0.2, 0) is 19.2 Å². The number of benzene rings is 3. The lowest BCUT2D eigenvalue weighted by Gasteiger charge is -2.44. The molecule has 1 saturated carbocycles. The molecule has 3 aromatic rings. The van der Waals surface area contributed by atoms with Crippen LogP contribution in [0.4, 0.5) is 11.4 Å². The highest BCUT2D eigenvalue weighted by atomic mass is 79.9. The fraction of sp³-hybridized carbons (Fsp3) is 0.273. The number of rotatable bonds is 3. The van der Waals surface area contributed by atoms with E-state index < -0.39 is 35.5 Å². The summed E-state index contributed by atoms with van der Waals surface area (Å²) in [6.45, 7) is 1.80. The zero-order valence-corrected chi connectivity index (χ0v) is 25.7. The maximum Gasteiger partial charge on any atom is 0.238 e. The Bertz CT molecular complexity index is 1700. The molecule has 0 radical (unpaired) electrons. The summed E-state index contributed by atoms with van der Waals surface area (Å²) < 4.78 is 1.66. The first kappa shape index (κ1) is 27.3. The summed E-state index contributed by atoms with van der Waals surface area (Å²) in [5.41, 5.74) is 3.09. The van der Waals surface area contributed by atoms with Crippen molar-refractivity contribution in [2.75, 3.05) is 9.80 Å². The van der Waals surface area contributed by atoms with Crippen molar-refractivity contribution >= 4 is 66.9 Å². The zero-order valence-electron chi connectivity index (χ0n) is 22.5. The van der Waals surface area contributed by atoms with E-state index in [0.29, 0.717) is 28.9 Å². The zero-order chi connectivity index (χ0) is 29.4. The Morgan fingerprint density at radius 3 is 1.83 bits per heavy atom. The number of fused-ring (bicyclic) bond motifs is 4. The molecule has 42 heavy (non-hydrogen) atoms. The molecule has 0 spiro atoms. The van der Waals surface area contributed by atoms with Gasteiger partial charge in [0.2, 0.25) is 23.6 Å². The van der Waals surface area contributed by atoms with E-state index in [1.54, 1.807) is 67.6 Å². The van der Waals surface area contributed by atoms with Crippen LogP contribution < -0.4 is 9.80 Å². The maximum absolute atomic E-state index is 14.2. The lowest BCUT2D eigenvalue weighted by Crippen LogP contribution is -2.43. The number of imide groups is 2. The van der Waals surface area contributed by atoms with Gasteiger partial charge < -0.3 is 5.11 Å². The molecule has 2 aliphatic heterocycles. The van der Waals surface area contributed by atoms with Gasteiger partial charge in [0.05, 0.1) is 35.0 Å². The van der Waals surface area contributed by atoms with Crippen LogP contribution in [-0.4, -0.2) is 28.7 Å². The maximum atomic E-state index is 14.2. The van der Waals surface area contributed by atoms with Crippen molar-refractivity contribution in [2.45, 2.75) is 25.7 Å². The van der Waals surface area contributed by atoms with Gasteiger partial charge in [-0.1, -0.05) is 61.7 Å². The van der Waals surface area contributed by atoms with Gasteiger partial charge in [-0.15, -0.1) is 0 Å². The number of halogens is 2. The van der Waals surface area contributed by atoms with Crippen LogP contribution in [0.5, 0.6) is 5.75 Å². The molecule has 0 aromatic heterocycles. The van der Waals surface area contributed by atoms with E-state index in [9.17, 15) is 24.3 Å². The van der Waals surface area contributed by atoms with Crippen LogP contribution in [0.15, 0.2) is 87.3 Å². The summed E-state index contributed by atoms with van der Waals surface area (Å²) in [7, 11) is 0. The van der Waals surface area contributed by atoms with Crippen LogP contribution in [0, 0.1) is 36.5 Å². The number of hydrogen-bond acceptors (Lipinski definition) is 5. The second-order valence-electron chi connectivity index (χ2n) is 11.5. The minimum absolute atomic E-state index is 0.0811. The average molecular weight is 690 g/mol. The second kappa shape index (κ2) is 10.0. The number of carbonyl (C=O) groups excluding carboxylic acids is 4. The average Bonchev–Trinajstić information content (AvgIpc) is 3.38. The van der Waals surface area contributed by atoms with Crippen LogP contribution in [0.3, 0.4) is 0 Å². The fourth-order valence-corrected chi connectivity index (χ4v) is 8.09. The minimum Gasteiger partial charge on any atom is -0.507 e. The van der Waals surface area contributed by atoms with Gasteiger partial charge in [-0.25, -0.2) is 0 Å². The Balaban J connectivity index is 1.35. The second-order valence-corrected chi connectivity index (χ2v) is 13.3. The number of nitrogens with zero attached hydrogens (tertiary/aromatic N) is 2. The van der Waals surface area contributed by atoms with E-state index in [0.717, 1.165) is 14.5 Å². The van der Waals surface area contributed by atoms with Crippen molar-refractivity contribution in [3.63, 3.8) is 0 Å².